The van der Waals surface area contributed by atoms with Crippen LogP contribution in [0.1, 0.15) is 78.6 Å². The first kappa shape index (κ1) is 18.8. The molecular formula is C23H39NO2. The Bertz CT molecular complexity index is 562. The molecule has 0 N–H and O–H groups in total. The molecule has 4 rings (SSSR count). The van der Waals surface area contributed by atoms with Crippen molar-refractivity contribution in [1.82, 2.24) is 5.06 Å². The van der Waals surface area contributed by atoms with Gasteiger partial charge in [-0.05, 0) is 91.8 Å². The molecule has 8 atom stereocenters. The highest BCUT2D eigenvalue weighted by molar-refractivity contribution is 5.79. The number of nitrogens with zero attached hydrogens (tertiary/aromatic N) is 1. The molecule has 7 unspecified atom stereocenters. The third-order valence-electron chi connectivity index (χ3n) is 9.81. The molecule has 3 heteroatoms. The number of carbonyl (C=O) groups excluding carboxylic acids is 1. The van der Waals surface area contributed by atoms with Crippen LogP contribution in [0.3, 0.4) is 0 Å². The van der Waals surface area contributed by atoms with Crippen molar-refractivity contribution >= 4 is 5.91 Å². The van der Waals surface area contributed by atoms with E-state index in [-0.39, 0.29) is 17.2 Å². The minimum atomic E-state index is 0.162. The van der Waals surface area contributed by atoms with E-state index in [9.17, 15) is 4.79 Å². The van der Waals surface area contributed by atoms with Crippen molar-refractivity contribution < 1.29 is 9.63 Å². The van der Waals surface area contributed by atoms with Crippen molar-refractivity contribution in [3.05, 3.63) is 0 Å². The Morgan fingerprint density at radius 3 is 2.38 bits per heavy atom. The van der Waals surface area contributed by atoms with Gasteiger partial charge in [-0.15, -0.1) is 0 Å². The molecule has 1 amide bonds. The van der Waals surface area contributed by atoms with Gasteiger partial charge >= 0.3 is 0 Å². The molecular weight excluding hydrogens is 322 g/mol. The van der Waals surface area contributed by atoms with Crippen LogP contribution in [0.25, 0.3) is 0 Å². The molecule has 0 aromatic heterocycles. The molecule has 0 heterocycles. The van der Waals surface area contributed by atoms with Crippen molar-refractivity contribution in [3.8, 4) is 0 Å². The quantitative estimate of drug-likeness (QED) is 0.625. The maximum atomic E-state index is 12.9. The highest BCUT2D eigenvalue weighted by Gasteiger charge is 2.61. The fraction of sp³-hybridized carbons (Fsp3) is 0.957. The Hall–Kier alpha value is -0.570. The van der Waals surface area contributed by atoms with Crippen LogP contribution in [-0.2, 0) is 9.63 Å². The molecule has 0 spiro atoms. The van der Waals surface area contributed by atoms with Crippen LogP contribution >= 0.6 is 0 Å². The zero-order valence-electron chi connectivity index (χ0n) is 17.6. The average Bonchev–Trinajstić information content (AvgIpc) is 2.98. The normalized spacial score (nSPS) is 50.5. The van der Waals surface area contributed by atoms with E-state index in [4.69, 9.17) is 4.84 Å². The number of carbonyl (C=O) groups is 1. The molecule has 0 aromatic rings. The zero-order valence-corrected chi connectivity index (χ0v) is 17.6. The van der Waals surface area contributed by atoms with Gasteiger partial charge in [0.2, 0.25) is 5.91 Å². The van der Waals surface area contributed by atoms with Gasteiger partial charge in [0.15, 0.2) is 0 Å². The molecule has 0 bridgehead atoms. The zero-order chi connectivity index (χ0) is 18.7. The lowest BCUT2D eigenvalue weighted by Crippen LogP contribution is -2.54. The van der Waals surface area contributed by atoms with Crippen molar-refractivity contribution in [2.75, 3.05) is 14.2 Å². The Morgan fingerprint density at radius 1 is 0.962 bits per heavy atom. The first-order valence-corrected chi connectivity index (χ1v) is 11.1. The number of rotatable bonds is 2. The van der Waals surface area contributed by atoms with Crippen LogP contribution in [-0.4, -0.2) is 25.1 Å². The fourth-order valence-electron chi connectivity index (χ4n) is 8.19. The number of amides is 1. The Labute approximate surface area is 160 Å². The van der Waals surface area contributed by atoms with Crippen LogP contribution in [0.4, 0.5) is 0 Å². The molecule has 4 saturated carbocycles. The Kier molecular flexibility index (Phi) is 4.69. The summed E-state index contributed by atoms with van der Waals surface area (Å²) in [5.74, 6) is 4.76. The predicted molar refractivity (Wildman–Crippen MR) is 104 cm³/mol. The standard InChI is InChI=1S/C23H39NO2/c1-15-10-12-22(2)16(14-15)6-7-17-18-8-9-20(21(25)24(4)26-5)23(18,3)13-11-19(17)22/h15-20H,6-14H2,1-5H3/t15?,16?,17?,18?,19?,20?,22?,23-/m0/s1. The molecule has 4 fully saturated rings. The van der Waals surface area contributed by atoms with Gasteiger partial charge in [0, 0.05) is 13.0 Å². The van der Waals surface area contributed by atoms with Crippen molar-refractivity contribution in [2.24, 2.45) is 46.3 Å². The minimum Gasteiger partial charge on any atom is -0.275 e. The second-order valence-corrected chi connectivity index (χ2v) is 10.7. The van der Waals surface area contributed by atoms with E-state index in [1.807, 2.05) is 0 Å². The average molecular weight is 362 g/mol. The highest BCUT2D eigenvalue weighted by Crippen LogP contribution is 2.67. The summed E-state index contributed by atoms with van der Waals surface area (Å²) < 4.78 is 0. The Morgan fingerprint density at radius 2 is 1.65 bits per heavy atom. The summed E-state index contributed by atoms with van der Waals surface area (Å²) in [6, 6.07) is 0. The molecule has 4 aliphatic rings. The van der Waals surface area contributed by atoms with Crippen LogP contribution in [0.5, 0.6) is 0 Å². The lowest BCUT2D eigenvalue weighted by Gasteiger charge is -2.61. The van der Waals surface area contributed by atoms with E-state index >= 15 is 0 Å². The summed E-state index contributed by atoms with van der Waals surface area (Å²) in [5, 5.41) is 1.48. The van der Waals surface area contributed by atoms with Crippen molar-refractivity contribution in [2.45, 2.75) is 78.6 Å². The van der Waals surface area contributed by atoms with E-state index in [1.165, 1.54) is 56.4 Å². The second-order valence-electron chi connectivity index (χ2n) is 10.7. The molecule has 3 nitrogen and oxygen atoms in total. The molecule has 148 valence electrons. The first-order chi connectivity index (χ1) is 12.3. The third-order valence-corrected chi connectivity index (χ3v) is 9.81. The van der Waals surface area contributed by atoms with Gasteiger partial charge in [-0.3, -0.25) is 9.63 Å². The maximum Gasteiger partial charge on any atom is 0.249 e. The summed E-state index contributed by atoms with van der Waals surface area (Å²) in [5.41, 5.74) is 0.762. The number of hydrogen-bond acceptors (Lipinski definition) is 2. The number of hydroxylamine groups is 2. The SMILES string of the molecule is CON(C)C(=O)C1CCC2C3CCC4CC(C)CCC4(C)C3CC[C@]12C. The molecule has 4 aliphatic carbocycles. The molecule has 26 heavy (non-hydrogen) atoms. The van der Waals surface area contributed by atoms with Gasteiger partial charge in [-0.1, -0.05) is 27.2 Å². The minimum absolute atomic E-state index is 0.162. The van der Waals surface area contributed by atoms with Gasteiger partial charge in [0.1, 0.15) is 0 Å². The highest BCUT2D eigenvalue weighted by atomic mass is 16.7. The number of hydrogen-bond donors (Lipinski definition) is 0. The van der Waals surface area contributed by atoms with E-state index in [1.54, 1.807) is 14.2 Å². The predicted octanol–water partition coefficient (Wildman–Crippen LogP) is 5.30. The van der Waals surface area contributed by atoms with Crippen LogP contribution in [0.15, 0.2) is 0 Å². The molecule has 0 aliphatic heterocycles. The molecule has 0 aromatic carbocycles. The summed E-state index contributed by atoms with van der Waals surface area (Å²) in [6.07, 6.45) is 12.1. The Balaban J connectivity index is 1.57. The van der Waals surface area contributed by atoms with E-state index < -0.39 is 0 Å². The van der Waals surface area contributed by atoms with E-state index in [0.717, 1.165) is 36.0 Å². The first-order valence-electron chi connectivity index (χ1n) is 11.1. The summed E-state index contributed by atoms with van der Waals surface area (Å²) in [7, 11) is 3.38. The summed E-state index contributed by atoms with van der Waals surface area (Å²) in [4.78, 5) is 18.2. The summed E-state index contributed by atoms with van der Waals surface area (Å²) in [6.45, 7) is 7.53. The van der Waals surface area contributed by atoms with Crippen molar-refractivity contribution in [3.63, 3.8) is 0 Å². The fourth-order valence-corrected chi connectivity index (χ4v) is 8.19. The smallest absolute Gasteiger partial charge is 0.249 e. The van der Waals surface area contributed by atoms with Gasteiger partial charge in [0.05, 0.1) is 7.11 Å². The maximum absolute atomic E-state index is 12.9. The van der Waals surface area contributed by atoms with E-state index in [0.29, 0.717) is 5.41 Å². The third kappa shape index (κ3) is 2.59. The lowest BCUT2D eigenvalue weighted by atomic mass is 9.44. The van der Waals surface area contributed by atoms with Gasteiger partial charge in [0.25, 0.3) is 0 Å². The monoisotopic (exact) mass is 361 g/mol. The largest absolute Gasteiger partial charge is 0.275 e. The van der Waals surface area contributed by atoms with Crippen LogP contribution < -0.4 is 0 Å². The van der Waals surface area contributed by atoms with Gasteiger partial charge in [-0.2, -0.15) is 0 Å². The topological polar surface area (TPSA) is 29.5 Å². The van der Waals surface area contributed by atoms with E-state index in [2.05, 4.69) is 20.8 Å². The lowest BCUT2D eigenvalue weighted by molar-refractivity contribution is -0.181. The molecule has 0 radical (unpaired) electrons. The molecule has 0 saturated heterocycles. The second kappa shape index (κ2) is 6.50. The van der Waals surface area contributed by atoms with Crippen molar-refractivity contribution in [1.29, 1.82) is 0 Å². The number of fused-ring (bicyclic) bond motifs is 5. The summed E-state index contributed by atoms with van der Waals surface area (Å²) >= 11 is 0. The van der Waals surface area contributed by atoms with Gasteiger partial charge in [-0.25, -0.2) is 5.06 Å². The van der Waals surface area contributed by atoms with Crippen LogP contribution in [0, 0.1) is 46.3 Å². The van der Waals surface area contributed by atoms with Gasteiger partial charge < -0.3 is 0 Å². The van der Waals surface area contributed by atoms with Crippen LogP contribution in [0.2, 0.25) is 0 Å².